The maximum absolute atomic E-state index is 13.3. The van der Waals surface area contributed by atoms with Crippen LogP contribution in [-0.2, 0) is 27.3 Å². The van der Waals surface area contributed by atoms with E-state index in [1.807, 2.05) is 44.2 Å². The number of nitrogens with zero attached hydrogens (tertiary/aromatic N) is 2. The fraction of sp³-hybridized carbons (Fsp3) is 0.520. The van der Waals surface area contributed by atoms with Crippen molar-refractivity contribution in [2.45, 2.75) is 33.2 Å². The number of rotatable bonds is 15. The molecule has 0 fully saturated rings. The summed E-state index contributed by atoms with van der Waals surface area (Å²) in [4.78, 5) is 31.3. The summed E-state index contributed by atoms with van der Waals surface area (Å²) in [6.07, 6.45) is 1.30. The molecule has 0 unspecified atom stereocenters. The molecule has 1 aromatic heterocycles. The molecule has 0 aliphatic carbocycles. The molecule has 0 radical (unpaired) electrons. The predicted octanol–water partition coefficient (Wildman–Crippen LogP) is 4.14. The lowest BCUT2D eigenvalue weighted by atomic mass is 10.1. The van der Waals surface area contributed by atoms with E-state index in [9.17, 15) is 9.59 Å². The van der Waals surface area contributed by atoms with Crippen molar-refractivity contribution in [1.29, 1.82) is 0 Å². The molecule has 1 heterocycles. The van der Waals surface area contributed by atoms with Crippen molar-refractivity contribution in [2.24, 2.45) is 0 Å². The van der Waals surface area contributed by atoms with Gasteiger partial charge in [0.2, 0.25) is 11.8 Å². The maximum Gasteiger partial charge on any atom is 0.242 e. The van der Waals surface area contributed by atoms with Crippen molar-refractivity contribution < 1.29 is 23.8 Å². The highest BCUT2D eigenvalue weighted by molar-refractivity contribution is 7.11. The third-order valence-corrected chi connectivity index (χ3v) is 6.54. The number of halogens is 1. The molecule has 0 saturated carbocycles. The molecule has 0 spiro atoms. The number of methoxy groups -OCH3 is 2. The van der Waals surface area contributed by atoms with E-state index in [1.165, 1.54) is 9.78 Å². The Hall–Kier alpha value is -2.29. The van der Waals surface area contributed by atoms with Gasteiger partial charge in [-0.2, -0.15) is 0 Å². The number of hydrogen-bond donors (Lipinski definition) is 0. The molecule has 7 nitrogen and oxygen atoms in total. The second-order valence-corrected chi connectivity index (χ2v) is 9.41. The zero-order valence-corrected chi connectivity index (χ0v) is 22.0. The molecule has 34 heavy (non-hydrogen) atoms. The van der Waals surface area contributed by atoms with Gasteiger partial charge in [-0.3, -0.25) is 9.59 Å². The summed E-state index contributed by atoms with van der Waals surface area (Å²) in [5.41, 5.74) is 1.03. The SMILES string of the molecule is CCOCCCN(CC(=O)N(CCc1ccc(OC)c(OC)c1)Cc1ccc(C)s1)C(=O)CCl. The van der Waals surface area contributed by atoms with Crippen LogP contribution in [0.15, 0.2) is 30.3 Å². The molecule has 0 aliphatic heterocycles. The third-order valence-electron chi connectivity index (χ3n) is 5.33. The Morgan fingerprint density at radius 3 is 2.38 bits per heavy atom. The average Bonchev–Trinajstić information content (AvgIpc) is 3.27. The number of thiophene rings is 1. The van der Waals surface area contributed by atoms with Gasteiger partial charge in [0, 0.05) is 36.1 Å². The quantitative estimate of drug-likeness (QED) is 0.266. The number of alkyl halides is 1. The number of amides is 2. The Labute approximate surface area is 211 Å². The number of hydrogen-bond acceptors (Lipinski definition) is 6. The van der Waals surface area contributed by atoms with Gasteiger partial charge in [0.05, 0.1) is 27.3 Å². The molecular weight excluding hydrogens is 476 g/mol. The summed E-state index contributed by atoms with van der Waals surface area (Å²) >= 11 is 7.48. The first-order valence-corrected chi connectivity index (χ1v) is 12.7. The summed E-state index contributed by atoms with van der Waals surface area (Å²) in [5.74, 6) is 0.799. The Bertz CT molecular complexity index is 920. The van der Waals surface area contributed by atoms with Crippen LogP contribution in [0.1, 0.15) is 28.7 Å². The van der Waals surface area contributed by atoms with E-state index < -0.39 is 0 Å². The van der Waals surface area contributed by atoms with Crippen LogP contribution in [0, 0.1) is 6.92 Å². The number of aryl methyl sites for hydroxylation is 1. The molecule has 2 aromatic rings. The van der Waals surface area contributed by atoms with Gasteiger partial charge >= 0.3 is 0 Å². The Morgan fingerprint density at radius 1 is 1.00 bits per heavy atom. The molecule has 0 bridgehead atoms. The normalized spacial score (nSPS) is 10.7. The minimum atomic E-state index is -0.252. The summed E-state index contributed by atoms with van der Waals surface area (Å²) in [6, 6.07) is 9.85. The number of carbonyl (C=O) groups is 2. The molecule has 0 N–H and O–H groups in total. The second-order valence-electron chi connectivity index (χ2n) is 7.77. The highest BCUT2D eigenvalue weighted by Crippen LogP contribution is 2.28. The average molecular weight is 511 g/mol. The lowest BCUT2D eigenvalue weighted by molar-refractivity contribution is -0.139. The molecule has 2 rings (SSSR count). The van der Waals surface area contributed by atoms with Crippen LogP contribution >= 0.6 is 22.9 Å². The van der Waals surface area contributed by atoms with Crippen LogP contribution in [0.4, 0.5) is 0 Å². The van der Waals surface area contributed by atoms with E-state index in [4.69, 9.17) is 25.8 Å². The van der Waals surface area contributed by atoms with Crippen molar-refractivity contribution >= 4 is 34.8 Å². The van der Waals surface area contributed by atoms with E-state index >= 15 is 0 Å². The maximum atomic E-state index is 13.3. The fourth-order valence-electron chi connectivity index (χ4n) is 3.49. The van der Waals surface area contributed by atoms with Crippen LogP contribution in [0.3, 0.4) is 0 Å². The van der Waals surface area contributed by atoms with Gasteiger partial charge in [-0.1, -0.05) is 6.07 Å². The van der Waals surface area contributed by atoms with E-state index in [1.54, 1.807) is 30.5 Å². The van der Waals surface area contributed by atoms with Crippen LogP contribution in [0.2, 0.25) is 0 Å². The van der Waals surface area contributed by atoms with Gasteiger partial charge in [-0.05, 0) is 56.5 Å². The minimum Gasteiger partial charge on any atom is -0.493 e. The standard InChI is InChI=1S/C25H35ClN2O5S/c1-5-33-14-6-12-27(24(29)16-26)18-25(30)28(17-21-9-7-19(2)34-21)13-11-20-8-10-22(31-3)23(15-20)32-4/h7-10,15H,5-6,11-14,16-18H2,1-4H3. The summed E-state index contributed by atoms with van der Waals surface area (Å²) in [5, 5.41) is 0. The topological polar surface area (TPSA) is 68.3 Å². The Kier molecular flexibility index (Phi) is 12.2. The van der Waals surface area contributed by atoms with Crippen molar-refractivity contribution in [3.63, 3.8) is 0 Å². The highest BCUT2D eigenvalue weighted by atomic mass is 35.5. The molecular formula is C25H35ClN2O5S. The third kappa shape index (κ3) is 8.81. The van der Waals surface area contributed by atoms with Crippen LogP contribution < -0.4 is 9.47 Å². The lowest BCUT2D eigenvalue weighted by Crippen LogP contribution is -2.44. The van der Waals surface area contributed by atoms with Gasteiger partial charge in [0.1, 0.15) is 5.88 Å². The Morgan fingerprint density at radius 2 is 1.76 bits per heavy atom. The van der Waals surface area contributed by atoms with E-state index in [2.05, 4.69) is 0 Å². The van der Waals surface area contributed by atoms with E-state index in [-0.39, 0.29) is 24.2 Å². The number of carbonyl (C=O) groups excluding carboxylic acids is 2. The molecule has 1 aromatic carbocycles. The van der Waals surface area contributed by atoms with Gasteiger partial charge in [-0.25, -0.2) is 0 Å². The molecule has 188 valence electrons. The van der Waals surface area contributed by atoms with Crippen molar-refractivity contribution in [3.05, 3.63) is 45.6 Å². The van der Waals surface area contributed by atoms with Crippen LogP contribution in [0.25, 0.3) is 0 Å². The molecule has 2 amide bonds. The first-order valence-electron chi connectivity index (χ1n) is 11.4. The van der Waals surface area contributed by atoms with Crippen LogP contribution in [-0.4, -0.2) is 74.6 Å². The van der Waals surface area contributed by atoms with E-state index in [0.717, 1.165) is 10.4 Å². The molecule has 0 aliphatic rings. The minimum absolute atomic E-state index is 0.00598. The number of ether oxygens (including phenoxy) is 3. The van der Waals surface area contributed by atoms with Crippen molar-refractivity contribution in [3.8, 4) is 11.5 Å². The summed E-state index contributed by atoms with van der Waals surface area (Å²) < 4.78 is 16.1. The van der Waals surface area contributed by atoms with Gasteiger partial charge in [-0.15, -0.1) is 22.9 Å². The smallest absolute Gasteiger partial charge is 0.242 e. The van der Waals surface area contributed by atoms with Gasteiger partial charge < -0.3 is 24.0 Å². The fourth-order valence-corrected chi connectivity index (χ4v) is 4.57. The molecule has 0 saturated heterocycles. The number of benzene rings is 1. The van der Waals surface area contributed by atoms with Crippen molar-refractivity contribution in [2.75, 3.05) is 52.9 Å². The first-order chi connectivity index (χ1) is 16.4. The zero-order valence-electron chi connectivity index (χ0n) is 20.5. The van der Waals surface area contributed by atoms with Gasteiger partial charge in [0.15, 0.2) is 11.5 Å². The lowest BCUT2D eigenvalue weighted by Gasteiger charge is -2.27. The molecule has 9 heteroatoms. The predicted molar refractivity (Wildman–Crippen MR) is 136 cm³/mol. The monoisotopic (exact) mass is 510 g/mol. The summed E-state index contributed by atoms with van der Waals surface area (Å²) in [7, 11) is 3.20. The second kappa shape index (κ2) is 14.9. The highest BCUT2D eigenvalue weighted by Gasteiger charge is 2.21. The zero-order chi connectivity index (χ0) is 24.9. The summed E-state index contributed by atoms with van der Waals surface area (Å²) in [6.45, 7) is 6.55. The largest absolute Gasteiger partial charge is 0.493 e. The van der Waals surface area contributed by atoms with Crippen LogP contribution in [0.5, 0.6) is 11.5 Å². The van der Waals surface area contributed by atoms with Crippen molar-refractivity contribution in [1.82, 2.24) is 9.80 Å². The van der Waals surface area contributed by atoms with Gasteiger partial charge in [0.25, 0.3) is 0 Å². The van der Waals surface area contributed by atoms with E-state index in [0.29, 0.717) is 57.2 Å². The Balaban J connectivity index is 2.13. The molecule has 0 atom stereocenters. The first kappa shape index (κ1) is 28.0.